The van der Waals surface area contributed by atoms with Crippen LogP contribution in [0.4, 0.5) is 10.7 Å². The molecule has 3 N–H and O–H groups in total. The Morgan fingerprint density at radius 1 is 1.19 bits per heavy atom. The summed E-state index contributed by atoms with van der Waals surface area (Å²) in [5, 5.41) is 19.1. The van der Waals surface area contributed by atoms with E-state index in [9.17, 15) is 9.90 Å². The maximum atomic E-state index is 11.9. The predicted octanol–water partition coefficient (Wildman–Crippen LogP) is 3.89. The third-order valence-electron chi connectivity index (χ3n) is 5.29. The van der Waals surface area contributed by atoms with E-state index in [1.165, 1.54) is 4.57 Å². The van der Waals surface area contributed by atoms with E-state index in [1.807, 2.05) is 45.0 Å². The van der Waals surface area contributed by atoms with Gasteiger partial charge in [0.25, 0.3) is 0 Å². The topological polar surface area (TPSA) is 138 Å². The van der Waals surface area contributed by atoms with Gasteiger partial charge in [-0.3, -0.25) is 0 Å². The molecule has 0 amide bonds. The van der Waals surface area contributed by atoms with Crippen LogP contribution in [0.15, 0.2) is 47.1 Å². The van der Waals surface area contributed by atoms with Gasteiger partial charge in [0.15, 0.2) is 16.9 Å². The lowest BCUT2D eigenvalue weighted by molar-refractivity contribution is 0.195. The highest BCUT2D eigenvalue weighted by atomic mass is 16.4. The quantitative estimate of drug-likeness (QED) is 0.439. The molecule has 0 saturated carbocycles. The van der Waals surface area contributed by atoms with Crippen molar-refractivity contribution in [3.05, 3.63) is 53.9 Å². The largest absolute Gasteiger partial charge is 0.464 e. The Labute approximate surface area is 182 Å². The average Bonchev–Trinajstić information content (AvgIpc) is 3.45. The highest BCUT2D eigenvalue weighted by molar-refractivity contribution is 5.91. The van der Waals surface area contributed by atoms with E-state index in [0.29, 0.717) is 34.7 Å². The van der Waals surface area contributed by atoms with Crippen molar-refractivity contribution in [2.45, 2.75) is 32.7 Å². The molecule has 10 nitrogen and oxygen atoms in total. The van der Waals surface area contributed by atoms with Crippen LogP contribution in [0.2, 0.25) is 0 Å². The molecular weight excluding hydrogens is 410 g/mol. The minimum Gasteiger partial charge on any atom is -0.464 e. The van der Waals surface area contributed by atoms with Gasteiger partial charge in [0.05, 0.1) is 18.3 Å². The maximum absolute atomic E-state index is 11.9. The third-order valence-corrected chi connectivity index (χ3v) is 5.29. The Kier molecular flexibility index (Phi) is 4.26. The summed E-state index contributed by atoms with van der Waals surface area (Å²) in [6.45, 7) is 6.35. The number of benzene rings is 1. The molecule has 0 aliphatic rings. The number of hydrogen-bond donors (Lipinski definition) is 2. The summed E-state index contributed by atoms with van der Waals surface area (Å²) in [6.07, 6.45) is 0.548. The zero-order chi connectivity index (χ0) is 22.6. The third kappa shape index (κ3) is 3.16. The molecule has 0 spiro atoms. The van der Waals surface area contributed by atoms with Crippen molar-refractivity contribution in [2.75, 3.05) is 5.73 Å². The molecule has 32 heavy (non-hydrogen) atoms. The number of fused-ring (bicyclic) bond motifs is 2. The molecule has 4 heterocycles. The van der Waals surface area contributed by atoms with Crippen molar-refractivity contribution in [1.29, 1.82) is 0 Å². The smallest absolute Gasteiger partial charge is 0.416 e. The molecule has 0 radical (unpaired) electrons. The summed E-state index contributed by atoms with van der Waals surface area (Å²) in [4.78, 5) is 20.5. The lowest BCUT2D eigenvalue weighted by atomic mass is 9.92. The van der Waals surface area contributed by atoms with Gasteiger partial charge in [0, 0.05) is 16.5 Å². The van der Waals surface area contributed by atoms with Crippen LogP contribution in [0, 0.1) is 0 Å². The Bertz CT molecular complexity index is 1470. The van der Waals surface area contributed by atoms with Crippen LogP contribution in [-0.2, 0) is 12.0 Å². The van der Waals surface area contributed by atoms with Gasteiger partial charge in [-0.1, -0.05) is 32.1 Å². The van der Waals surface area contributed by atoms with Crippen molar-refractivity contribution in [2.24, 2.45) is 0 Å². The lowest BCUT2D eigenvalue weighted by Gasteiger charge is -2.19. The molecule has 0 aliphatic heterocycles. The van der Waals surface area contributed by atoms with Crippen molar-refractivity contribution in [3.8, 4) is 11.5 Å². The molecule has 10 heteroatoms. The maximum Gasteiger partial charge on any atom is 0.416 e. The number of nitrogens with zero attached hydrogens (tertiary/aromatic N) is 6. The number of aromatic nitrogens is 6. The van der Waals surface area contributed by atoms with E-state index in [1.54, 1.807) is 23.1 Å². The van der Waals surface area contributed by atoms with E-state index in [-0.39, 0.29) is 11.4 Å². The number of nitrogens with two attached hydrogens (primary N) is 1. The highest BCUT2D eigenvalue weighted by Crippen LogP contribution is 2.31. The van der Waals surface area contributed by atoms with Crippen LogP contribution < -0.4 is 5.73 Å². The lowest BCUT2D eigenvalue weighted by Crippen LogP contribution is -2.21. The summed E-state index contributed by atoms with van der Waals surface area (Å²) >= 11 is 0. The second-order valence-corrected chi connectivity index (χ2v) is 8.62. The molecule has 0 unspecified atom stereocenters. The van der Waals surface area contributed by atoms with E-state index < -0.39 is 6.09 Å². The number of hydrogen-bond acceptors (Lipinski definition) is 7. The van der Waals surface area contributed by atoms with Gasteiger partial charge in [0.1, 0.15) is 5.69 Å². The average molecular weight is 431 g/mol. The zero-order valence-corrected chi connectivity index (χ0v) is 17.8. The molecule has 0 atom stereocenters. The van der Waals surface area contributed by atoms with Crippen molar-refractivity contribution in [1.82, 2.24) is 29.5 Å². The predicted molar refractivity (Wildman–Crippen MR) is 118 cm³/mol. The van der Waals surface area contributed by atoms with Crippen LogP contribution in [-0.4, -0.2) is 40.7 Å². The second-order valence-electron chi connectivity index (χ2n) is 8.62. The number of nitrogen functional groups attached to an aromatic ring is 1. The number of furan rings is 1. The van der Waals surface area contributed by atoms with E-state index in [2.05, 4.69) is 20.3 Å². The summed E-state index contributed by atoms with van der Waals surface area (Å²) in [7, 11) is 0. The summed E-state index contributed by atoms with van der Waals surface area (Å²) in [6, 6.07) is 11.1. The fourth-order valence-electron chi connectivity index (χ4n) is 3.86. The molecule has 162 valence electrons. The molecule has 4 aromatic heterocycles. The molecule has 5 aromatic rings. The molecule has 1 aromatic carbocycles. The van der Waals surface area contributed by atoms with Crippen molar-refractivity contribution in [3.63, 3.8) is 0 Å². The minimum atomic E-state index is -1.00. The number of carbonyl (C=O) groups is 1. The number of rotatable bonds is 3. The number of carboxylic acid groups (broad SMARTS) is 1. The normalized spacial score (nSPS) is 12.1. The van der Waals surface area contributed by atoms with Gasteiger partial charge in [-0.25, -0.2) is 19.0 Å². The fraction of sp³-hybridized carbons (Fsp3) is 0.227. The summed E-state index contributed by atoms with van der Waals surface area (Å²) in [5.74, 6) is 0.624. The van der Waals surface area contributed by atoms with Gasteiger partial charge in [-0.05, 0) is 35.9 Å². The Morgan fingerprint density at radius 2 is 2.00 bits per heavy atom. The van der Waals surface area contributed by atoms with Crippen LogP contribution in [0.5, 0.6) is 0 Å². The monoisotopic (exact) mass is 431 g/mol. The van der Waals surface area contributed by atoms with Gasteiger partial charge < -0.3 is 15.3 Å². The SMILES string of the molecule is CC(C)(C)c1cc2cc(Cn3nnc4c(-c5ccco5)nc(N)nc43)ccc2n1C(=O)O. The first-order chi connectivity index (χ1) is 15.2. The van der Waals surface area contributed by atoms with Gasteiger partial charge in [0.2, 0.25) is 5.95 Å². The Hall–Kier alpha value is -4.21. The first kappa shape index (κ1) is 19.7. The molecule has 0 bridgehead atoms. The first-order valence-corrected chi connectivity index (χ1v) is 10.0. The first-order valence-electron chi connectivity index (χ1n) is 10.0. The van der Waals surface area contributed by atoms with Crippen LogP contribution in [0.1, 0.15) is 32.0 Å². The fourth-order valence-corrected chi connectivity index (χ4v) is 3.86. The number of anilines is 1. The highest BCUT2D eigenvalue weighted by Gasteiger charge is 2.24. The van der Waals surface area contributed by atoms with Crippen molar-refractivity contribution < 1.29 is 14.3 Å². The van der Waals surface area contributed by atoms with E-state index in [0.717, 1.165) is 16.6 Å². The van der Waals surface area contributed by atoms with Crippen LogP contribution >= 0.6 is 0 Å². The standard InChI is InChI=1S/C22H21N7O3/c1-22(2,3)16-10-13-9-12(6-7-14(13)29(16)21(30)31)11-28-19-18(26-27-28)17(24-20(23)25-19)15-5-4-8-32-15/h4-10H,11H2,1-3H3,(H,30,31)(H2,23,24,25). The minimum absolute atomic E-state index is 0.0938. The zero-order valence-electron chi connectivity index (χ0n) is 17.8. The molecule has 0 fully saturated rings. The molecule has 0 saturated heterocycles. The van der Waals surface area contributed by atoms with Crippen molar-refractivity contribution >= 4 is 34.1 Å². The Morgan fingerprint density at radius 3 is 2.69 bits per heavy atom. The Balaban J connectivity index is 1.59. The van der Waals surface area contributed by atoms with Crippen LogP contribution in [0.3, 0.4) is 0 Å². The summed E-state index contributed by atoms with van der Waals surface area (Å²) < 4.78 is 8.43. The van der Waals surface area contributed by atoms with Gasteiger partial charge >= 0.3 is 6.09 Å². The molecule has 0 aliphatic carbocycles. The van der Waals surface area contributed by atoms with E-state index in [4.69, 9.17) is 10.2 Å². The molecule has 5 rings (SSSR count). The van der Waals surface area contributed by atoms with E-state index >= 15 is 0 Å². The second kappa shape index (κ2) is 6.91. The molecular formula is C22H21N7O3. The summed E-state index contributed by atoms with van der Waals surface area (Å²) in [5.41, 5.74) is 9.35. The van der Waals surface area contributed by atoms with Gasteiger partial charge in [-0.15, -0.1) is 5.10 Å². The van der Waals surface area contributed by atoms with Gasteiger partial charge in [-0.2, -0.15) is 4.98 Å². The van der Waals surface area contributed by atoms with Crippen LogP contribution in [0.25, 0.3) is 33.5 Å².